The lowest BCUT2D eigenvalue weighted by molar-refractivity contribution is 0.290. The van der Waals surface area contributed by atoms with E-state index >= 15 is 0 Å². The number of nitrogens with one attached hydrogen (secondary N) is 2. The second-order valence-corrected chi connectivity index (χ2v) is 5.08. The van der Waals surface area contributed by atoms with Crippen molar-refractivity contribution in [1.29, 1.82) is 0 Å². The van der Waals surface area contributed by atoms with Gasteiger partial charge in [-0.2, -0.15) is 0 Å². The molecule has 0 bridgehead atoms. The van der Waals surface area contributed by atoms with E-state index in [1.54, 1.807) is 0 Å². The van der Waals surface area contributed by atoms with Crippen molar-refractivity contribution < 1.29 is 0 Å². The second-order valence-electron chi connectivity index (χ2n) is 5.08. The molecular formula is C16H25N3. The maximum Gasteiger partial charge on any atom is 0.0691 e. The van der Waals surface area contributed by atoms with Gasteiger partial charge in [-0.15, -0.1) is 6.58 Å². The van der Waals surface area contributed by atoms with Crippen LogP contribution in [0.4, 0.5) is 0 Å². The molecule has 0 aromatic carbocycles. The summed E-state index contributed by atoms with van der Waals surface area (Å²) in [4.78, 5) is 2.31. The van der Waals surface area contributed by atoms with Gasteiger partial charge in [-0.3, -0.25) is 5.32 Å². The van der Waals surface area contributed by atoms with E-state index in [4.69, 9.17) is 0 Å². The number of nitrogens with zero attached hydrogens (tertiary/aromatic N) is 1. The van der Waals surface area contributed by atoms with Gasteiger partial charge in [-0.05, 0) is 18.6 Å². The first-order valence-corrected chi connectivity index (χ1v) is 7.30. The van der Waals surface area contributed by atoms with E-state index in [0.717, 1.165) is 13.2 Å². The van der Waals surface area contributed by atoms with E-state index in [1.165, 1.54) is 37.1 Å². The van der Waals surface area contributed by atoms with Crippen molar-refractivity contribution in [2.24, 2.45) is 0 Å². The molecule has 0 saturated carbocycles. The predicted molar refractivity (Wildman–Crippen MR) is 81.3 cm³/mol. The van der Waals surface area contributed by atoms with Crippen LogP contribution in [0, 0.1) is 0 Å². The monoisotopic (exact) mass is 259 g/mol. The van der Waals surface area contributed by atoms with Gasteiger partial charge in [0.05, 0.1) is 24.1 Å². The van der Waals surface area contributed by atoms with E-state index in [1.807, 2.05) is 18.4 Å². The zero-order valence-electron chi connectivity index (χ0n) is 11.9. The summed E-state index contributed by atoms with van der Waals surface area (Å²) in [6.07, 6.45) is 15.4. The molecule has 0 aromatic rings. The first-order chi connectivity index (χ1) is 9.36. The minimum Gasteiger partial charge on any atom is -0.362 e. The van der Waals surface area contributed by atoms with Crippen molar-refractivity contribution in [2.45, 2.75) is 38.6 Å². The third-order valence-electron chi connectivity index (χ3n) is 3.64. The first-order valence-electron chi connectivity index (χ1n) is 7.30. The van der Waals surface area contributed by atoms with Crippen molar-refractivity contribution >= 4 is 0 Å². The predicted octanol–water partition coefficient (Wildman–Crippen LogP) is 2.87. The van der Waals surface area contributed by atoms with Crippen molar-refractivity contribution in [3.8, 4) is 0 Å². The van der Waals surface area contributed by atoms with Gasteiger partial charge in [-0.25, -0.2) is 0 Å². The largest absolute Gasteiger partial charge is 0.362 e. The Labute approximate surface area is 116 Å². The molecule has 0 aromatic heterocycles. The highest BCUT2D eigenvalue weighted by Crippen LogP contribution is 2.22. The average molecular weight is 259 g/mol. The lowest BCUT2D eigenvalue weighted by atomic mass is 10.0. The summed E-state index contributed by atoms with van der Waals surface area (Å²) in [5, 5.41) is 7.08. The third-order valence-corrected chi connectivity index (χ3v) is 3.64. The van der Waals surface area contributed by atoms with Gasteiger partial charge in [0.1, 0.15) is 0 Å². The maximum absolute atomic E-state index is 3.84. The number of hydrogen-bond acceptors (Lipinski definition) is 3. The zero-order valence-corrected chi connectivity index (χ0v) is 11.9. The molecule has 0 aliphatic carbocycles. The van der Waals surface area contributed by atoms with E-state index in [9.17, 15) is 0 Å². The number of rotatable bonds is 6. The number of unbranched alkanes of at least 4 members (excludes halogenated alkanes) is 2. The average Bonchev–Trinajstić information content (AvgIpc) is 2.67. The van der Waals surface area contributed by atoms with Crippen LogP contribution in [-0.2, 0) is 0 Å². The minimum absolute atomic E-state index is 0.440. The molecule has 2 heterocycles. The molecule has 0 amide bonds. The summed E-state index contributed by atoms with van der Waals surface area (Å²) in [6, 6.07) is 0.440. The summed E-state index contributed by atoms with van der Waals surface area (Å²) in [7, 11) is 0. The van der Waals surface area contributed by atoms with Gasteiger partial charge in [0.25, 0.3) is 0 Å². The molecule has 2 aliphatic heterocycles. The summed E-state index contributed by atoms with van der Waals surface area (Å²) >= 11 is 0. The zero-order chi connectivity index (χ0) is 13.5. The van der Waals surface area contributed by atoms with Crippen LogP contribution >= 0.6 is 0 Å². The molecule has 2 rings (SSSR count). The van der Waals surface area contributed by atoms with Crippen LogP contribution in [0.1, 0.15) is 32.6 Å². The molecule has 1 unspecified atom stereocenters. The fourth-order valence-corrected chi connectivity index (χ4v) is 2.63. The van der Waals surface area contributed by atoms with E-state index in [0.29, 0.717) is 6.04 Å². The van der Waals surface area contributed by atoms with Gasteiger partial charge < -0.3 is 10.2 Å². The van der Waals surface area contributed by atoms with Gasteiger partial charge in [0.2, 0.25) is 0 Å². The molecule has 2 aliphatic rings. The number of allylic oxidation sites excluding steroid dienone is 3. The van der Waals surface area contributed by atoms with E-state index in [-0.39, 0.29) is 0 Å². The van der Waals surface area contributed by atoms with E-state index < -0.39 is 0 Å². The fraction of sp³-hybridized carbons (Fsp3) is 0.500. The van der Waals surface area contributed by atoms with Crippen LogP contribution < -0.4 is 10.6 Å². The van der Waals surface area contributed by atoms with Crippen LogP contribution in [0.5, 0.6) is 0 Å². The molecular weight excluding hydrogens is 234 g/mol. The highest BCUT2D eigenvalue weighted by Gasteiger charge is 2.25. The third kappa shape index (κ3) is 3.51. The molecule has 0 saturated heterocycles. The topological polar surface area (TPSA) is 27.3 Å². The molecule has 2 N–H and O–H groups in total. The lowest BCUT2D eigenvalue weighted by Gasteiger charge is -2.37. The summed E-state index contributed by atoms with van der Waals surface area (Å²) in [5.41, 5.74) is 2.60. The van der Waals surface area contributed by atoms with Crippen molar-refractivity contribution in [3.05, 3.63) is 48.5 Å². The van der Waals surface area contributed by atoms with Gasteiger partial charge >= 0.3 is 0 Å². The number of hydrogen-bond donors (Lipinski definition) is 2. The first kappa shape index (κ1) is 13.9. The standard InChI is InChI=1S/C16H25N3/c1-3-5-6-9-14-16-15(10-7-8-11-17-16)19(12-4-2)13-18-14/h4,7-8,10-11,14,17-18H,2-3,5-6,9,12-13H2,1H3. The van der Waals surface area contributed by atoms with Gasteiger partial charge in [0.15, 0.2) is 0 Å². The Balaban J connectivity index is 2.14. The molecule has 0 spiro atoms. The molecule has 19 heavy (non-hydrogen) atoms. The van der Waals surface area contributed by atoms with Gasteiger partial charge in [0, 0.05) is 12.7 Å². The summed E-state index contributed by atoms with van der Waals surface area (Å²) < 4.78 is 0. The van der Waals surface area contributed by atoms with Crippen molar-refractivity contribution in [1.82, 2.24) is 15.5 Å². The molecule has 0 radical (unpaired) electrons. The minimum atomic E-state index is 0.440. The Kier molecular flexibility index (Phi) is 5.28. The normalized spacial score (nSPS) is 21.9. The van der Waals surface area contributed by atoms with Crippen LogP contribution in [0.2, 0.25) is 0 Å². The van der Waals surface area contributed by atoms with Crippen LogP contribution in [0.25, 0.3) is 0 Å². The molecule has 3 nitrogen and oxygen atoms in total. The Morgan fingerprint density at radius 2 is 2.32 bits per heavy atom. The van der Waals surface area contributed by atoms with E-state index in [2.05, 4.69) is 41.2 Å². The second kappa shape index (κ2) is 7.19. The smallest absolute Gasteiger partial charge is 0.0691 e. The van der Waals surface area contributed by atoms with Crippen LogP contribution in [-0.4, -0.2) is 24.2 Å². The highest BCUT2D eigenvalue weighted by molar-refractivity contribution is 5.34. The molecule has 3 heteroatoms. The maximum atomic E-state index is 3.84. The van der Waals surface area contributed by atoms with Crippen LogP contribution in [0.3, 0.4) is 0 Å². The Morgan fingerprint density at radius 1 is 1.42 bits per heavy atom. The van der Waals surface area contributed by atoms with Crippen LogP contribution in [0.15, 0.2) is 48.5 Å². The quantitative estimate of drug-likeness (QED) is 0.567. The van der Waals surface area contributed by atoms with Crippen molar-refractivity contribution in [3.63, 3.8) is 0 Å². The Hall–Kier alpha value is -1.48. The molecule has 104 valence electrons. The summed E-state index contributed by atoms with van der Waals surface area (Å²) in [5.74, 6) is 0. The lowest BCUT2D eigenvalue weighted by Crippen LogP contribution is -2.48. The van der Waals surface area contributed by atoms with Crippen molar-refractivity contribution in [2.75, 3.05) is 13.2 Å². The Bertz CT molecular complexity index is 393. The fourth-order valence-electron chi connectivity index (χ4n) is 2.63. The SMILES string of the molecule is C=CCN1CNC(CCCCC)C2=C1C=CC=CN2. The highest BCUT2D eigenvalue weighted by atomic mass is 15.3. The van der Waals surface area contributed by atoms with Gasteiger partial charge in [-0.1, -0.05) is 38.3 Å². The summed E-state index contributed by atoms with van der Waals surface area (Å²) in [6.45, 7) is 7.86. The molecule has 1 atom stereocenters. The Morgan fingerprint density at radius 3 is 3.11 bits per heavy atom. The molecule has 0 fully saturated rings.